The maximum absolute atomic E-state index is 13.3. The summed E-state index contributed by atoms with van der Waals surface area (Å²) in [5.41, 5.74) is 7.36. The lowest BCUT2D eigenvalue weighted by Crippen LogP contribution is -2.26. The second-order valence-corrected chi connectivity index (χ2v) is 10.2. The van der Waals surface area contributed by atoms with Crippen molar-refractivity contribution in [3.8, 4) is 11.1 Å². The molecule has 5 aromatic rings. The number of rotatable bonds is 9. The van der Waals surface area contributed by atoms with Crippen molar-refractivity contribution in [3.05, 3.63) is 125 Å². The van der Waals surface area contributed by atoms with Crippen molar-refractivity contribution < 1.29 is 14.7 Å². The molecule has 6 nitrogen and oxygen atoms in total. The van der Waals surface area contributed by atoms with Gasteiger partial charge >= 0.3 is 5.97 Å². The van der Waals surface area contributed by atoms with Gasteiger partial charge in [0.2, 0.25) is 0 Å². The molecular formula is C34H33N3O3. The van der Waals surface area contributed by atoms with E-state index in [1.54, 1.807) is 12.1 Å². The van der Waals surface area contributed by atoms with E-state index in [1.165, 1.54) is 0 Å². The van der Waals surface area contributed by atoms with Crippen molar-refractivity contribution in [3.63, 3.8) is 0 Å². The molecule has 0 aliphatic heterocycles. The van der Waals surface area contributed by atoms with Crippen LogP contribution in [0.4, 0.5) is 0 Å². The number of carbonyl (C=O) groups excluding carboxylic acids is 1. The number of carboxylic acid groups (broad SMARTS) is 1. The molecule has 6 heteroatoms. The zero-order chi connectivity index (χ0) is 28.2. The van der Waals surface area contributed by atoms with E-state index in [0.29, 0.717) is 17.7 Å². The lowest BCUT2D eigenvalue weighted by atomic mass is 9.98. The van der Waals surface area contributed by atoms with Crippen molar-refractivity contribution in [2.24, 2.45) is 0 Å². The summed E-state index contributed by atoms with van der Waals surface area (Å²) in [7, 11) is 0. The summed E-state index contributed by atoms with van der Waals surface area (Å²) >= 11 is 0. The summed E-state index contributed by atoms with van der Waals surface area (Å²) in [6.45, 7) is 6.72. The predicted molar refractivity (Wildman–Crippen MR) is 159 cm³/mol. The van der Waals surface area contributed by atoms with Crippen LogP contribution in [0.15, 0.2) is 91.0 Å². The van der Waals surface area contributed by atoms with Gasteiger partial charge in [0.25, 0.3) is 5.91 Å². The number of hydrogen-bond acceptors (Lipinski definition) is 3. The highest BCUT2D eigenvalue weighted by Crippen LogP contribution is 2.27. The number of aromatic carboxylic acids is 1. The van der Waals surface area contributed by atoms with Crippen LogP contribution in [0.1, 0.15) is 69.5 Å². The number of nitrogens with one attached hydrogen (secondary N) is 1. The fourth-order valence-corrected chi connectivity index (χ4v) is 5.16. The largest absolute Gasteiger partial charge is 0.478 e. The molecule has 1 aromatic heterocycles. The minimum atomic E-state index is -0.942. The number of carboxylic acids is 1. The lowest BCUT2D eigenvalue weighted by Gasteiger charge is -2.15. The Hall–Kier alpha value is -4.71. The van der Waals surface area contributed by atoms with E-state index in [4.69, 9.17) is 4.98 Å². The Labute approximate surface area is 234 Å². The van der Waals surface area contributed by atoms with Crippen LogP contribution in [0, 0.1) is 6.92 Å². The van der Waals surface area contributed by atoms with Gasteiger partial charge in [-0.25, -0.2) is 9.78 Å². The molecule has 1 heterocycles. The van der Waals surface area contributed by atoms with E-state index in [1.807, 2.05) is 92.7 Å². The van der Waals surface area contributed by atoms with Gasteiger partial charge in [-0.3, -0.25) is 4.79 Å². The van der Waals surface area contributed by atoms with Gasteiger partial charge < -0.3 is 15.0 Å². The minimum absolute atomic E-state index is 0.116. The topological polar surface area (TPSA) is 84.2 Å². The number of imidazole rings is 1. The molecule has 4 aromatic carbocycles. The number of aromatic nitrogens is 2. The maximum Gasteiger partial charge on any atom is 0.336 e. The monoisotopic (exact) mass is 531 g/mol. The quantitative estimate of drug-likeness (QED) is 0.211. The molecule has 2 N–H and O–H groups in total. The molecule has 0 radical (unpaired) electrons. The summed E-state index contributed by atoms with van der Waals surface area (Å²) in [6.07, 6.45) is 1.78. The van der Waals surface area contributed by atoms with E-state index in [9.17, 15) is 14.7 Å². The van der Waals surface area contributed by atoms with Gasteiger partial charge in [0.15, 0.2) is 0 Å². The van der Waals surface area contributed by atoms with Gasteiger partial charge in [-0.2, -0.15) is 0 Å². The Balaban J connectivity index is 1.47. The van der Waals surface area contributed by atoms with E-state index in [-0.39, 0.29) is 17.5 Å². The van der Waals surface area contributed by atoms with E-state index in [0.717, 1.165) is 52.0 Å². The van der Waals surface area contributed by atoms with Crippen molar-refractivity contribution in [2.45, 2.75) is 46.2 Å². The lowest BCUT2D eigenvalue weighted by molar-refractivity contribution is 0.0697. The number of fused-ring (bicyclic) bond motifs is 1. The average molecular weight is 532 g/mol. The first-order chi connectivity index (χ1) is 19.4. The van der Waals surface area contributed by atoms with E-state index < -0.39 is 5.97 Å². The van der Waals surface area contributed by atoms with Crippen molar-refractivity contribution in [1.29, 1.82) is 0 Å². The van der Waals surface area contributed by atoms with Gasteiger partial charge in [-0.05, 0) is 66.3 Å². The fourth-order valence-electron chi connectivity index (χ4n) is 5.16. The molecule has 0 aliphatic carbocycles. The number of benzene rings is 4. The highest BCUT2D eigenvalue weighted by atomic mass is 16.4. The zero-order valence-electron chi connectivity index (χ0n) is 23.0. The Morgan fingerprint density at radius 3 is 2.35 bits per heavy atom. The molecule has 0 fully saturated rings. The standard InChI is InChI=1S/C34H33N3O3/c1-4-10-31-36-32-22(2)19-27(33(38)35-23(3)25-11-6-5-7-12-25)20-30(32)37(31)21-24-15-17-26(18-16-24)28-13-8-9-14-29(28)34(39)40/h5-9,11-20,23H,4,10,21H2,1-3H3,(H,35,38)(H,39,40)/t23-/m1/s1. The smallest absolute Gasteiger partial charge is 0.336 e. The van der Waals surface area contributed by atoms with Crippen molar-refractivity contribution >= 4 is 22.9 Å². The van der Waals surface area contributed by atoms with Gasteiger partial charge in [-0.1, -0.05) is 79.7 Å². The molecule has 0 unspecified atom stereocenters. The van der Waals surface area contributed by atoms with Crippen LogP contribution >= 0.6 is 0 Å². The molecular weight excluding hydrogens is 498 g/mol. The highest BCUT2D eigenvalue weighted by molar-refractivity contribution is 5.99. The molecule has 0 spiro atoms. The van der Waals surface area contributed by atoms with E-state index >= 15 is 0 Å². The van der Waals surface area contributed by atoms with Crippen molar-refractivity contribution in [2.75, 3.05) is 0 Å². The number of aryl methyl sites for hydroxylation is 2. The summed E-state index contributed by atoms with van der Waals surface area (Å²) in [4.78, 5) is 30.0. The van der Waals surface area contributed by atoms with Crippen LogP contribution in [0.2, 0.25) is 0 Å². The molecule has 40 heavy (non-hydrogen) atoms. The van der Waals surface area contributed by atoms with Crippen LogP contribution < -0.4 is 5.32 Å². The maximum atomic E-state index is 13.3. The molecule has 202 valence electrons. The average Bonchev–Trinajstić information content (AvgIpc) is 3.31. The fraction of sp³-hybridized carbons (Fsp3) is 0.206. The molecule has 0 saturated carbocycles. The third-order valence-corrected chi connectivity index (χ3v) is 7.27. The molecule has 0 aliphatic rings. The van der Waals surface area contributed by atoms with Gasteiger partial charge in [0, 0.05) is 18.5 Å². The number of nitrogens with zero attached hydrogens (tertiary/aromatic N) is 2. The first-order valence-electron chi connectivity index (χ1n) is 13.6. The van der Waals surface area contributed by atoms with Crippen LogP contribution in [0.25, 0.3) is 22.2 Å². The van der Waals surface area contributed by atoms with Crippen LogP contribution in [-0.4, -0.2) is 26.5 Å². The van der Waals surface area contributed by atoms with Gasteiger partial charge in [0.1, 0.15) is 5.82 Å². The summed E-state index contributed by atoms with van der Waals surface area (Å²) in [5, 5.41) is 12.7. The molecule has 0 bridgehead atoms. The Kier molecular flexibility index (Phi) is 7.78. The van der Waals surface area contributed by atoms with Gasteiger partial charge in [0.05, 0.1) is 22.6 Å². The van der Waals surface area contributed by atoms with Crippen LogP contribution in [-0.2, 0) is 13.0 Å². The van der Waals surface area contributed by atoms with Crippen LogP contribution in [0.3, 0.4) is 0 Å². The third kappa shape index (κ3) is 5.52. The third-order valence-electron chi connectivity index (χ3n) is 7.27. The normalized spacial score (nSPS) is 11.9. The number of carbonyl (C=O) groups is 2. The Morgan fingerprint density at radius 1 is 0.950 bits per heavy atom. The summed E-state index contributed by atoms with van der Waals surface area (Å²) in [5.74, 6) is -0.0779. The Bertz CT molecular complexity index is 1670. The second kappa shape index (κ2) is 11.6. The zero-order valence-corrected chi connectivity index (χ0v) is 23.0. The predicted octanol–water partition coefficient (Wildman–Crippen LogP) is 7.20. The first kappa shape index (κ1) is 26.9. The molecule has 1 atom stereocenters. The number of hydrogen-bond donors (Lipinski definition) is 2. The van der Waals surface area contributed by atoms with Crippen molar-refractivity contribution in [1.82, 2.24) is 14.9 Å². The number of amides is 1. The van der Waals surface area contributed by atoms with Gasteiger partial charge in [-0.15, -0.1) is 0 Å². The van der Waals surface area contributed by atoms with Crippen LogP contribution in [0.5, 0.6) is 0 Å². The minimum Gasteiger partial charge on any atom is -0.478 e. The Morgan fingerprint density at radius 2 is 1.65 bits per heavy atom. The van der Waals surface area contributed by atoms with E-state index in [2.05, 4.69) is 16.8 Å². The summed E-state index contributed by atoms with van der Waals surface area (Å²) < 4.78 is 2.20. The molecule has 5 rings (SSSR count). The second-order valence-electron chi connectivity index (χ2n) is 10.2. The molecule has 0 saturated heterocycles. The molecule has 1 amide bonds. The first-order valence-corrected chi connectivity index (χ1v) is 13.6. The SMILES string of the molecule is CCCc1nc2c(C)cc(C(=O)N[C@H](C)c3ccccc3)cc2n1Cc1ccc(-c2ccccc2C(=O)O)cc1. The summed E-state index contributed by atoms with van der Waals surface area (Å²) in [6, 6.07) is 28.7. The highest BCUT2D eigenvalue weighted by Gasteiger charge is 2.18.